The Hall–Kier alpha value is 0.553. The molecule has 13 heavy (non-hydrogen) atoms. The molecule has 1 amide bonds. The molecule has 0 atom stereocenters. The third-order valence-corrected chi connectivity index (χ3v) is 1.65. The van der Waals surface area contributed by atoms with Crippen LogP contribution in [0.25, 0.3) is 0 Å². The van der Waals surface area contributed by atoms with Crippen LogP contribution in [0.2, 0.25) is 0 Å². The maximum atomic E-state index is 10.6. The van der Waals surface area contributed by atoms with Crippen molar-refractivity contribution in [3.05, 3.63) is 7.43 Å². The molecular formula is C6H12N2OS3Zn. The van der Waals surface area contributed by atoms with Gasteiger partial charge in [0.25, 0.3) is 5.24 Å². The molecule has 0 aromatic rings. The van der Waals surface area contributed by atoms with Gasteiger partial charge in [-0.3, -0.25) is 4.79 Å². The van der Waals surface area contributed by atoms with Crippen molar-refractivity contribution in [2.75, 3.05) is 19.3 Å². The van der Waals surface area contributed by atoms with Crippen molar-refractivity contribution in [1.29, 1.82) is 0 Å². The van der Waals surface area contributed by atoms with Gasteiger partial charge >= 0.3 is 19.5 Å². The SMILES string of the molecule is CSC(=O)NCCNC(=S)[S-].[CH3-].[Zn+2]. The molecule has 0 spiro atoms. The maximum Gasteiger partial charge on any atom is 2.00 e. The fourth-order valence-electron chi connectivity index (χ4n) is 0.401. The summed E-state index contributed by atoms with van der Waals surface area (Å²) >= 11 is 10.3. The molecule has 3 nitrogen and oxygen atoms in total. The molecule has 72 valence electrons. The van der Waals surface area contributed by atoms with E-state index in [0.717, 1.165) is 11.8 Å². The molecular weight excluding hydrogens is 278 g/mol. The Kier molecular flexibility index (Phi) is 18.5. The van der Waals surface area contributed by atoms with Crippen LogP contribution in [0.4, 0.5) is 4.79 Å². The number of carbonyl (C=O) groups excluding carboxylic acids is 1. The smallest absolute Gasteiger partial charge is 0.412 e. The van der Waals surface area contributed by atoms with E-state index >= 15 is 0 Å². The molecule has 0 aliphatic carbocycles. The third-order valence-electron chi connectivity index (χ3n) is 0.849. The molecule has 0 fully saturated rings. The minimum absolute atomic E-state index is 0. The Bertz CT molecular complexity index is 157. The monoisotopic (exact) mass is 288 g/mol. The molecule has 0 saturated heterocycles. The number of nitrogens with one attached hydrogen (secondary N) is 2. The first-order valence-electron chi connectivity index (χ1n) is 2.93. The molecule has 0 saturated carbocycles. The topological polar surface area (TPSA) is 41.1 Å². The molecule has 0 bridgehead atoms. The number of thioether (sulfide) groups is 1. The van der Waals surface area contributed by atoms with E-state index in [0.29, 0.717) is 17.4 Å². The minimum Gasteiger partial charge on any atom is -0.412 e. The van der Waals surface area contributed by atoms with Gasteiger partial charge in [0.15, 0.2) is 0 Å². The number of amides is 1. The predicted molar refractivity (Wildman–Crippen MR) is 61.3 cm³/mol. The van der Waals surface area contributed by atoms with Gasteiger partial charge in [0.1, 0.15) is 0 Å². The van der Waals surface area contributed by atoms with Crippen LogP contribution < -0.4 is 10.6 Å². The van der Waals surface area contributed by atoms with E-state index in [2.05, 4.69) is 35.5 Å². The second kappa shape index (κ2) is 12.6. The molecule has 0 aromatic heterocycles. The number of carbonyl (C=O) groups is 1. The summed E-state index contributed by atoms with van der Waals surface area (Å²) < 4.78 is 0.336. The average molecular weight is 290 g/mol. The third kappa shape index (κ3) is 15.3. The summed E-state index contributed by atoms with van der Waals surface area (Å²) in [5.74, 6) is 0. The van der Waals surface area contributed by atoms with Crippen LogP contribution in [0.15, 0.2) is 0 Å². The molecule has 7 heteroatoms. The Balaban J connectivity index is -0.000000500. The van der Waals surface area contributed by atoms with Gasteiger partial charge in [-0.15, -0.1) is 0 Å². The Morgan fingerprint density at radius 3 is 2.31 bits per heavy atom. The second-order valence-corrected chi connectivity index (χ2v) is 3.49. The van der Waals surface area contributed by atoms with E-state index in [9.17, 15) is 4.79 Å². The zero-order chi connectivity index (χ0) is 8.69. The van der Waals surface area contributed by atoms with Gasteiger partial charge in [-0.05, 0) is 6.26 Å². The molecule has 0 rings (SSSR count). The summed E-state index contributed by atoms with van der Waals surface area (Å²) in [5, 5.41) is 5.35. The van der Waals surface area contributed by atoms with Crippen LogP contribution in [0.1, 0.15) is 0 Å². The number of thiocarbonyl (C=S) groups is 1. The van der Waals surface area contributed by atoms with Crippen molar-refractivity contribution in [2.45, 2.75) is 0 Å². The molecule has 0 aliphatic rings. The summed E-state index contributed by atoms with van der Waals surface area (Å²) in [6, 6.07) is 0. The minimum atomic E-state index is -0.0397. The van der Waals surface area contributed by atoms with E-state index in [1.165, 1.54) is 0 Å². The normalized spacial score (nSPS) is 7.46. The predicted octanol–water partition coefficient (Wildman–Crippen LogP) is 0.928. The van der Waals surface area contributed by atoms with E-state index < -0.39 is 0 Å². The summed E-state index contributed by atoms with van der Waals surface area (Å²) in [6.07, 6.45) is 1.72. The van der Waals surface area contributed by atoms with Crippen molar-refractivity contribution in [3.63, 3.8) is 0 Å². The number of rotatable bonds is 3. The van der Waals surface area contributed by atoms with Crippen LogP contribution in [-0.4, -0.2) is 28.9 Å². The van der Waals surface area contributed by atoms with Gasteiger partial charge in [-0.1, -0.05) is 16.1 Å². The largest absolute Gasteiger partial charge is 2.00 e. The first-order chi connectivity index (χ1) is 5.16. The Morgan fingerprint density at radius 1 is 1.46 bits per heavy atom. The van der Waals surface area contributed by atoms with Gasteiger partial charge in [0.2, 0.25) is 0 Å². The molecule has 2 N–H and O–H groups in total. The van der Waals surface area contributed by atoms with Crippen molar-refractivity contribution >= 4 is 46.2 Å². The van der Waals surface area contributed by atoms with Crippen LogP contribution >= 0.6 is 24.0 Å². The molecule has 0 heterocycles. The van der Waals surface area contributed by atoms with E-state index in [4.69, 9.17) is 0 Å². The second-order valence-electron chi connectivity index (χ2n) is 1.63. The van der Waals surface area contributed by atoms with Gasteiger partial charge < -0.3 is 42.9 Å². The van der Waals surface area contributed by atoms with Crippen LogP contribution in [0, 0.1) is 7.43 Å². The number of hydrogen-bond acceptors (Lipinski definition) is 4. The number of hydrogen-bond donors (Lipinski definition) is 2. The zero-order valence-corrected chi connectivity index (χ0v) is 13.2. The summed E-state index contributed by atoms with van der Waals surface area (Å²) in [7, 11) is 0. The van der Waals surface area contributed by atoms with Crippen molar-refractivity contribution < 1.29 is 24.3 Å². The molecule has 0 radical (unpaired) electrons. The fraction of sp³-hybridized carbons (Fsp3) is 0.500. The van der Waals surface area contributed by atoms with Gasteiger partial charge in [-0.25, -0.2) is 0 Å². The standard InChI is InChI=1S/C5H10N2OS3.CH3.Zn/c1-11-4(8)6-2-3-7-5(9)10;;/h2-3H2,1H3,(H,6,8)(H2,7,9,10);1H3;/q;-1;+2/p-1. The summed E-state index contributed by atoms with van der Waals surface area (Å²) in [6.45, 7) is 1.14. The molecule has 0 unspecified atom stereocenters. The van der Waals surface area contributed by atoms with Gasteiger partial charge in [-0.2, -0.15) is 0 Å². The quantitative estimate of drug-likeness (QED) is 0.266. The van der Waals surface area contributed by atoms with E-state index in [1.807, 2.05) is 0 Å². The van der Waals surface area contributed by atoms with Crippen molar-refractivity contribution in [2.24, 2.45) is 0 Å². The van der Waals surface area contributed by atoms with E-state index in [1.54, 1.807) is 6.26 Å². The van der Waals surface area contributed by atoms with Crippen LogP contribution in [-0.2, 0) is 32.1 Å². The van der Waals surface area contributed by atoms with Gasteiger partial charge in [0.05, 0.1) is 0 Å². The molecule has 0 aromatic carbocycles. The average Bonchev–Trinajstić information content (AvgIpc) is 1.97. The van der Waals surface area contributed by atoms with Crippen molar-refractivity contribution in [1.82, 2.24) is 10.6 Å². The van der Waals surface area contributed by atoms with Gasteiger partial charge in [0, 0.05) is 13.1 Å². The summed E-state index contributed by atoms with van der Waals surface area (Å²) in [4.78, 5) is 10.6. The van der Waals surface area contributed by atoms with Crippen LogP contribution in [0.5, 0.6) is 0 Å². The molecule has 0 aliphatic heterocycles. The first kappa shape index (κ1) is 19.2. The Labute approximate surface area is 107 Å². The maximum absolute atomic E-state index is 10.6. The van der Waals surface area contributed by atoms with Crippen molar-refractivity contribution in [3.8, 4) is 0 Å². The summed E-state index contributed by atoms with van der Waals surface area (Å²) in [5.41, 5.74) is 0. The fourth-order valence-corrected chi connectivity index (χ4v) is 0.852. The zero-order valence-electron chi connectivity index (χ0n) is 7.75. The van der Waals surface area contributed by atoms with E-state index in [-0.39, 0.29) is 32.1 Å². The van der Waals surface area contributed by atoms with Crippen LogP contribution in [0.3, 0.4) is 0 Å². The first-order valence-corrected chi connectivity index (χ1v) is 4.97. The Morgan fingerprint density at radius 2 is 1.92 bits per heavy atom.